The monoisotopic (exact) mass is 405 g/mol. The maximum absolute atomic E-state index is 12.7. The average Bonchev–Trinajstić information content (AvgIpc) is 3.19. The van der Waals surface area contributed by atoms with Gasteiger partial charge in [-0.3, -0.25) is 9.59 Å². The Labute approximate surface area is 174 Å². The minimum Gasteiger partial charge on any atom is -0.481 e. The summed E-state index contributed by atoms with van der Waals surface area (Å²) >= 11 is 1.31. The van der Waals surface area contributed by atoms with E-state index >= 15 is 0 Å². The fourth-order valence-corrected chi connectivity index (χ4v) is 3.54. The zero-order chi connectivity index (χ0) is 20.6. The number of carboxylic acids is 1. The third-order valence-electron chi connectivity index (χ3n) is 4.47. The van der Waals surface area contributed by atoms with Crippen LogP contribution in [0.5, 0.6) is 0 Å². The predicted octanol–water partition coefficient (Wildman–Crippen LogP) is 5.31. The molecular weight excluding hydrogens is 382 g/mol. The third kappa shape index (κ3) is 5.96. The number of aryl methyl sites for hydroxylation is 2. The van der Waals surface area contributed by atoms with E-state index < -0.39 is 5.97 Å². The van der Waals surface area contributed by atoms with Crippen molar-refractivity contribution < 1.29 is 14.7 Å². The number of thioether (sulfide) groups is 1. The Morgan fingerprint density at radius 3 is 2.45 bits per heavy atom. The van der Waals surface area contributed by atoms with Crippen LogP contribution in [-0.2, 0) is 11.3 Å². The van der Waals surface area contributed by atoms with E-state index in [-0.39, 0.29) is 11.5 Å². The Morgan fingerprint density at radius 1 is 1.03 bits per heavy atom. The van der Waals surface area contributed by atoms with Gasteiger partial charge < -0.3 is 9.67 Å². The second-order valence-corrected chi connectivity index (χ2v) is 7.77. The lowest BCUT2D eigenvalue weighted by Gasteiger charge is -2.07. The van der Waals surface area contributed by atoms with Crippen molar-refractivity contribution in [1.29, 1.82) is 0 Å². The number of aliphatic carboxylic acids is 1. The van der Waals surface area contributed by atoms with E-state index in [2.05, 4.69) is 6.08 Å². The van der Waals surface area contributed by atoms with Gasteiger partial charge in [-0.15, -0.1) is 11.8 Å². The number of benzene rings is 2. The molecule has 0 radical (unpaired) electrons. The molecule has 3 rings (SSSR count). The lowest BCUT2D eigenvalue weighted by atomic mass is 10.1. The summed E-state index contributed by atoms with van der Waals surface area (Å²) in [6.45, 7) is 2.73. The van der Waals surface area contributed by atoms with Crippen LogP contribution in [0.25, 0.3) is 6.08 Å². The highest BCUT2D eigenvalue weighted by Gasteiger charge is 2.12. The molecule has 1 heterocycles. The van der Waals surface area contributed by atoms with E-state index in [0.29, 0.717) is 11.3 Å². The molecule has 3 aromatic rings. The van der Waals surface area contributed by atoms with Crippen molar-refractivity contribution in [2.24, 2.45) is 0 Å². The number of carbonyl (C=O) groups excluding carboxylic acids is 1. The highest BCUT2D eigenvalue weighted by Crippen LogP contribution is 2.19. The largest absolute Gasteiger partial charge is 0.481 e. The second kappa shape index (κ2) is 9.94. The van der Waals surface area contributed by atoms with Crippen molar-refractivity contribution >= 4 is 29.6 Å². The lowest BCUT2D eigenvalue weighted by Crippen LogP contribution is -2.09. The molecule has 0 saturated heterocycles. The van der Waals surface area contributed by atoms with Crippen LogP contribution in [0.2, 0.25) is 0 Å². The predicted molar refractivity (Wildman–Crippen MR) is 117 cm³/mol. The minimum atomic E-state index is -0.816. The fourth-order valence-electron chi connectivity index (χ4n) is 2.92. The maximum atomic E-state index is 12.7. The molecule has 148 valence electrons. The fraction of sp³-hybridized carbons (Fsp3) is 0.167. The van der Waals surface area contributed by atoms with Crippen LogP contribution in [0.15, 0.2) is 77.8 Å². The van der Waals surface area contributed by atoms with E-state index in [1.54, 1.807) is 0 Å². The van der Waals surface area contributed by atoms with Crippen LogP contribution < -0.4 is 0 Å². The summed E-state index contributed by atoms with van der Waals surface area (Å²) in [4.78, 5) is 24.3. The van der Waals surface area contributed by atoms with E-state index in [4.69, 9.17) is 5.11 Å². The molecule has 0 fully saturated rings. The lowest BCUT2D eigenvalue weighted by molar-refractivity contribution is -0.133. The number of hydrogen-bond donors (Lipinski definition) is 1. The molecule has 2 aromatic carbocycles. The van der Waals surface area contributed by atoms with Gasteiger partial charge in [0.15, 0.2) is 0 Å². The first-order valence-corrected chi connectivity index (χ1v) is 10.4. The number of carbonyl (C=O) groups is 2. The van der Waals surface area contributed by atoms with Gasteiger partial charge in [0.05, 0.1) is 11.4 Å². The van der Waals surface area contributed by atoms with E-state index in [0.717, 1.165) is 29.0 Å². The molecule has 0 atom stereocenters. The van der Waals surface area contributed by atoms with Gasteiger partial charge in [-0.05, 0) is 43.2 Å². The molecule has 0 spiro atoms. The van der Waals surface area contributed by atoms with Crippen molar-refractivity contribution in [3.8, 4) is 0 Å². The Kier molecular flexibility index (Phi) is 7.09. The van der Waals surface area contributed by atoms with Crippen molar-refractivity contribution in [3.05, 3.63) is 95.3 Å². The zero-order valence-electron chi connectivity index (χ0n) is 16.2. The van der Waals surface area contributed by atoms with Gasteiger partial charge >= 0.3 is 5.97 Å². The molecule has 0 aliphatic heterocycles. The summed E-state index contributed by atoms with van der Waals surface area (Å²) in [5, 5.41) is 8.73. The molecule has 1 aromatic heterocycles. The molecule has 0 aliphatic carbocycles. The minimum absolute atomic E-state index is 0.0356. The Hall–Kier alpha value is -3.05. The first kappa shape index (κ1) is 20.7. The summed E-state index contributed by atoms with van der Waals surface area (Å²) in [5.41, 5.74) is 3.60. The SMILES string of the molecule is Cc1ccc(C(=O)c2cccn2CC/C=C/c2ccc(SCC(=O)O)cc2)cc1. The molecule has 1 N–H and O–H groups in total. The Morgan fingerprint density at radius 2 is 1.76 bits per heavy atom. The maximum Gasteiger partial charge on any atom is 0.313 e. The molecule has 0 unspecified atom stereocenters. The highest BCUT2D eigenvalue weighted by atomic mass is 32.2. The molecule has 4 nitrogen and oxygen atoms in total. The van der Waals surface area contributed by atoms with E-state index in [9.17, 15) is 9.59 Å². The number of allylic oxidation sites excluding steroid dienone is 1. The van der Waals surface area contributed by atoms with Crippen molar-refractivity contribution in [3.63, 3.8) is 0 Å². The van der Waals surface area contributed by atoms with Crippen LogP contribution in [0.3, 0.4) is 0 Å². The standard InChI is InChI=1S/C24H23NO3S/c1-18-7-11-20(12-8-18)24(28)22-6-4-16-25(22)15-3-2-5-19-9-13-21(14-10-19)29-17-23(26)27/h2,4-14,16H,3,15,17H2,1H3,(H,26,27)/b5-2+. The quantitative estimate of drug-likeness (QED) is 0.387. The molecule has 0 aliphatic rings. The third-order valence-corrected chi connectivity index (χ3v) is 5.46. The van der Waals surface area contributed by atoms with Crippen LogP contribution in [0.1, 0.15) is 33.6 Å². The van der Waals surface area contributed by atoms with Gasteiger partial charge in [-0.2, -0.15) is 0 Å². The average molecular weight is 406 g/mol. The normalized spacial score (nSPS) is 11.1. The molecule has 29 heavy (non-hydrogen) atoms. The summed E-state index contributed by atoms with van der Waals surface area (Å²) in [6, 6.07) is 19.2. The number of ketones is 1. The van der Waals surface area contributed by atoms with E-state index in [1.165, 1.54) is 11.8 Å². The topological polar surface area (TPSA) is 59.3 Å². The van der Waals surface area contributed by atoms with Crippen LogP contribution in [-0.4, -0.2) is 27.2 Å². The van der Waals surface area contributed by atoms with Crippen LogP contribution in [0, 0.1) is 6.92 Å². The second-order valence-electron chi connectivity index (χ2n) is 6.72. The summed E-state index contributed by atoms with van der Waals surface area (Å²) in [6.07, 6.45) is 6.86. The van der Waals surface area contributed by atoms with Crippen molar-refractivity contribution in [2.75, 3.05) is 5.75 Å². The molecule has 0 bridgehead atoms. The summed E-state index contributed by atoms with van der Waals surface area (Å²) < 4.78 is 1.98. The summed E-state index contributed by atoms with van der Waals surface area (Å²) in [7, 11) is 0. The highest BCUT2D eigenvalue weighted by molar-refractivity contribution is 8.00. The van der Waals surface area contributed by atoms with Crippen molar-refractivity contribution in [2.45, 2.75) is 24.8 Å². The van der Waals surface area contributed by atoms with Gasteiger partial charge in [-0.25, -0.2) is 0 Å². The molecular formula is C24H23NO3S. The molecule has 5 heteroatoms. The number of aromatic nitrogens is 1. The van der Waals surface area contributed by atoms with E-state index in [1.807, 2.05) is 84.4 Å². The first-order valence-electron chi connectivity index (χ1n) is 9.40. The van der Waals surface area contributed by atoms with Crippen LogP contribution in [0.4, 0.5) is 0 Å². The van der Waals surface area contributed by atoms with Crippen molar-refractivity contribution in [1.82, 2.24) is 4.57 Å². The van der Waals surface area contributed by atoms with Gasteiger partial charge in [0.1, 0.15) is 0 Å². The number of carboxylic acid groups (broad SMARTS) is 1. The molecule has 0 amide bonds. The Balaban J connectivity index is 1.56. The van der Waals surface area contributed by atoms with Gasteiger partial charge in [0, 0.05) is 23.2 Å². The number of nitrogens with zero attached hydrogens (tertiary/aromatic N) is 1. The Bertz CT molecular complexity index is 1000. The zero-order valence-corrected chi connectivity index (χ0v) is 17.1. The number of rotatable bonds is 9. The van der Waals surface area contributed by atoms with Gasteiger partial charge in [0.2, 0.25) is 5.78 Å². The number of hydrogen-bond acceptors (Lipinski definition) is 3. The smallest absolute Gasteiger partial charge is 0.313 e. The first-order chi connectivity index (χ1) is 14.0. The summed E-state index contributed by atoms with van der Waals surface area (Å²) in [5.74, 6) is -0.715. The molecule has 0 saturated carbocycles. The van der Waals surface area contributed by atoms with Crippen LogP contribution >= 0.6 is 11.8 Å². The van der Waals surface area contributed by atoms with Gasteiger partial charge in [0.25, 0.3) is 0 Å². The van der Waals surface area contributed by atoms with Gasteiger partial charge in [-0.1, -0.05) is 54.1 Å².